The second-order valence-electron chi connectivity index (χ2n) is 5.98. The quantitative estimate of drug-likeness (QED) is 0.666. The van der Waals surface area contributed by atoms with Gasteiger partial charge < -0.3 is 10.1 Å². The summed E-state index contributed by atoms with van der Waals surface area (Å²) in [6, 6.07) is 7.60. The number of ether oxygens (including phenoxy) is 1. The van der Waals surface area contributed by atoms with Crippen molar-refractivity contribution < 1.29 is 14.3 Å². The van der Waals surface area contributed by atoms with Gasteiger partial charge in [0.15, 0.2) is 0 Å². The molecule has 1 fully saturated rings. The van der Waals surface area contributed by atoms with Gasteiger partial charge in [0, 0.05) is 5.69 Å². The van der Waals surface area contributed by atoms with Crippen molar-refractivity contribution in [3.05, 3.63) is 29.8 Å². The van der Waals surface area contributed by atoms with E-state index in [4.69, 9.17) is 4.74 Å². The molecule has 1 unspecified atom stereocenters. The normalized spacial score (nSPS) is 16.8. The van der Waals surface area contributed by atoms with Gasteiger partial charge >= 0.3 is 5.97 Å². The molecule has 0 heterocycles. The van der Waals surface area contributed by atoms with Gasteiger partial charge in [-0.1, -0.05) is 37.0 Å². The average molecular weight is 303 g/mol. The molecule has 0 aromatic heterocycles. The van der Waals surface area contributed by atoms with Crippen molar-refractivity contribution in [2.45, 2.75) is 46.0 Å². The molecule has 0 bridgehead atoms. The van der Waals surface area contributed by atoms with Crippen LogP contribution in [0.1, 0.15) is 44.6 Å². The fourth-order valence-electron chi connectivity index (χ4n) is 3.07. The number of benzene rings is 1. The van der Waals surface area contributed by atoms with Crippen LogP contribution in [0.15, 0.2) is 24.3 Å². The molecule has 1 aliphatic carbocycles. The third-order valence-electron chi connectivity index (χ3n) is 4.26. The molecule has 4 nitrogen and oxygen atoms in total. The molecule has 1 amide bonds. The van der Waals surface area contributed by atoms with Gasteiger partial charge in [-0.2, -0.15) is 0 Å². The van der Waals surface area contributed by atoms with Crippen LogP contribution in [0.4, 0.5) is 5.69 Å². The van der Waals surface area contributed by atoms with Gasteiger partial charge in [-0.25, -0.2) is 0 Å². The Kier molecular flexibility index (Phi) is 5.99. The molecule has 1 aromatic carbocycles. The van der Waals surface area contributed by atoms with E-state index in [1.165, 1.54) is 6.42 Å². The predicted molar refractivity (Wildman–Crippen MR) is 86.5 cm³/mol. The first-order valence-electron chi connectivity index (χ1n) is 8.16. The Morgan fingerprint density at radius 1 is 1.18 bits per heavy atom. The fourth-order valence-corrected chi connectivity index (χ4v) is 3.07. The van der Waals surface area contributed by atoms with Gasteiger partial charge in [-0.15, -0.1) is 0 Å². The zero-order chi connectivity index (χ0) is 15.9. The van der Waals surface area contributed by atoms with Crippen LogP contribution < -0.4 is 5.32 Å². The zero-order valence-electron chi connectivity index (χ0n) is 13.4. The summed E-state index contributed by atoms with van der Waals surface area (Å²) in [6.07, 6.45) is 5.19. The Hall–Kier alpha value is -1.84. The van der Waals surface area contributed by atoms with E-state index in [0.717, 1.165) is 36.9 Å². The van der Waals surface area contributed by atoms with Crippen molar-refractivity contribution in [3.63, 3.8) is 0 Å². The standard InChI is InChI=1S/C18H25NO3/c1-3-22-18(21)16(14-7-5-4-6-8-14)17(20)19-15-11-9-13(2)10-12-15/h9-12,14,16H,3-8H2,1-2H3,(H,19,20). The first-order chi connectivity index (χ1) is 10.6. The number of hydrogen-bond donors (Lipinski definition) is 1. The maximum atomic E-state index is 12.6. The molecule has 1 N–H and O–H groups in total. The minimum Gasteiger partial charge on any atom is -0.465 e. The lowest BCUT2D eigenvalue weighted by atomic mass is 9.79. The first kappa shape index (κ1) is 16.5. The summed E-state index contributed by atoms with van der Waals surface area (Å²) in [5, 5.41) is 2.87. The lowest BCUT2D eigenvalue weighted by Gasteiger charge is -2.27. The molecule has 0 saturated heterocycles. The lowest BCUT2D eigenvalue weighted by molar-refractivity contribution is -0.153. The average Bonchev–Trinajstić information content (AvgIpc) is 2.51. The Morgan fingerprint density at radius 3 is 2.41 bits per heavy atom. The smallest absolute Gasteiger partial charge is 0.318 e. The van der Waals surface area contributed by atoms with E-state index in [-0.39, 0.29) is 17.8 Å². The van der Waals surface area contributed by atoms with Crippen LogP contribution >= 0.6 is 0 Å². The Bertz CT molecular complexity index is 504. The molecule has 1 aromatic rings. The van der Waals surface area contributed by atoms with Crippen molar-refractivity contribution in [2.75, 3.05) is 11.9 Å². The summed E-state index contributed by atoms with van der Waals surface area (Å²) < 4.78 is 5.14. The highest BCUT2D eigenvalue weighted by Gasteiger charge is 2.36. The second-order valence-corrected chi connectivity index (χ2v) is 5.98. The van der Waals surface area contributed by atoms with Crippen LogP contribution in [-0.2, 0) is 14.3 Å². The van der Waals surface area contributed by atoms with Gasteiger partial charge in [0.25, 0.3) is 0 Å². The van der Waals surface area contributed by atoms with Crippen molar-refractivity contribution in [1.82, 2.24) is 0 Å². The SMILES string of the molecule is CCOC(=O)C(C(=O)Nc1ccc(C)cc1)C1CCCCC1. The largest absolute Gasteiger partial charge is 0.465 e. The van der Waals surface area contributed by atoms with Gasteiger partial charge in [0.2, 0.25) is 5.91 Å². The fraction of sp³-hybridized carbons (Fsp3) is 0.556. The van der Waals surface area contributed by atoms with Crippen LogP contribution in [0.2, 0.25) is 0 Å². The highest BCUT2D eigenvalue weighted by atomic mass is 16.5. The molecule has 1 atom stereocenters. The summed E-state index contributed by atoms with van der Waals surface area (Å²) in [5.74, 6) is -1.23. The summed E-state index contributed by atoms with van der Waals surface area (Å²) in [6.45, 7) is 4.07. The second kappa shape index (κ2) is 7.97. The van der Waals surface area contributed by atoms with E-state index >= 15 is 0 Å². The minimum atomic E-state index is -0.693. The molecule has 120 valence electrons. The zero-order valence-corrected chi connectivity index (χ0v) is 13.4. The number of aryl methyl sites for hydroxylation is 1. The molecule has 1 aliphatic rings. The van der Waals surface area contributed by atoms with E-state index in [0.29, 0.717) is 6.61 Å². The first-order valence-corrected chi connectivity index (χ1v) is 8.16. The molecular weight excluding hydrogens is 278 g/mol. The Balaban J connectivity index is 2.10. The highest BCUT2D eigenvalue weighted by molar-refractivity contribution is 6.05. The van der Waals surface area contributed by atoms with E-state index in [1.54, 1.807) is 6.92 Å². The van der Waals surface area contributed by atoms with Crippen molar-refractivity contribution >= 4 is 17.6 Å². The van der Waals surface area contributed by atoms with Crippen LogP contribution in [0.5, 0.6) is 0 Å². The number of hydrogen-bond acceptors (Lipinski definition) is 3. The molecule has 2 rings (SSSR count). The molecule has 0 aliphatic heterocycles. The Morgan fingerprint density at radius 2 is 1.82 bits per heavy atom. The van der Waals surface area contributed by atoms with Crippen LogP contribution in [0, 0.1) is 18.8 Å². The third kappa shape index (κ3) is 4.33. The number of rotatable bonds is 5. The molecule has 22 heavy (non-hydrogen) atoms. The lowest BCUT2D eigenvalue weighted by Crippen LogP contribution is -2.37. The van der Waals surface area contributed by atoms with E-state index < -0.39 is 5.92 Å². The maximum Gasteiger partial charge on any atom is 0.318 e. The van der Waals surface area contributed by atoms with Crippen LogP contribution in [-0.4, -0.2) is 18.5 Å². The molecule has 4 heteroatoms. The Labute approximate surface area is 132 Å². The number of esters is 1. The van der Waals surface area contributed by atoms with Gasteiger partial charge in [0.1, 0.15) is 5.92 Å². The van der Waals surface area contributed by atoms with Gasteiger partial charge in [-0.3, -0.25) is 9.59 Å². The van der Waals surface area contributed by atoms with Crippen LogP contribution in [0.3, 0.4) is 0 Å². The predicted octanol–water partition coefficient (Wildman–Crippen LogP) is 3.69. The number of anilines is 1. The van der Waals surface area contributed by atoms with E-state index in [1.807, 2.05) is 31.2 Å². The van der Waals surface area contributed by atoms with Crippen LogP contribution in [0.25, 0.3) is 0 Å². The van der Waals surface area contributed by atoms with E-state index in [9.17, 15) is 9.59 Å². The summed E-state index contributed by atoms with van der Waals surface area (Å²) in [4.78, 5) is 24.8. The molecular formula is C18H25NO3. The van der Waals surface area contributed by atoms with Crippen molar-refractivity contribution in [3.8, 4) is 0 Å². The number of carbonyl (C=O) groups is 2. The van der Waals surface area contributed by atoms with Gasteiger partial charge in [-0.05, 0) is 44.7 Å². The highest BCUT2D eigenvalue weighted by Crippen LogP contribution is 2.31. The number of amides is 1. The monoisotopic (exact) mass is 303 g/mol. The maximum absolute atomic E-state index is 12.6. The van der Waals surface area contributed by atoms with Gasteiger partial charge in [0.05, 0.1) is 6.61 Å². The third-order valence-corrected chi connectivity index (χ3v) is 4.26. The summed E-state index contributed by atoms with van der Waals surface area (Å²) in [5.41, 5.74) is 1.85. The number of nitrogens with one attached hydrogen (secondary N) is 1. The summed E-state index contributed by atoms with van der Waals surface area (Å²) in [7, 11) is 0. The molecule has 0 radical (unpaired) electrons. The molecule has 1 saturated carbocycles. The minimum absolute atomic E-state index is 0.0956. The number of carbonyl (C=O) groups excluding carboxylic acids is 2. The van der Waals surface area contributed by atoms with Crippen molar-refractivity contribution in [1.29, 1.82) is 0 Å². The molecule has 0 spiro atoms. The topological polar surface area (TPSA) is 55.4 Å². The van der Waals surface area contributed by atoms with Crippen molar-refractivity contribution in [2.24, 2.45) is 11.8 Å². The van der Waals surface area contributed by atoms with E-state index in [2.05, 4.69) is 5.32 Å². The summed E-state index contributed by atoms with van der Waals surface area (Å²) >= 11 is 0.